The van der Waals surface area contributed by atoms with Gasteiger partial charge in [0.05, 0.1) is 19.3 Å². The van der Waals surface area contributed by atoms with Crippen LogP contribution in [0.25, 0.3) is 0 Å². The lowest BCUT2D eigenvalue weighted by Gasteiger charge is -2.57. The maximum Gasteiger partial charge on any atom is 0.245 e. The second-order valence-electron chi connectivity index (χ2n) is 7.97. The first-order valence-electron chi connectivity index (χ1n) is 9.79. The highest BCUT2D eigenvalue weighted by atomic mass is 16.5. The fourth-order valence-corrected chi connectivity index (χ4v) is 3.61. The zero-order valence-corrected chi connectivity index (χ0v) is 16.9. The van der Waals surface area contributed by atoms with Crippen molar-refractivity contribution in [2.24, 2.45) is 11.1 Å². The molecule has 1 amide bonds. The smallest absolute Gasteiger partial charge is 0.245 e. The Morgan fingerprint density at radius 3 is 2.25 bits per heavy atom. The summed E-state index contributed by atoms with van der Waals surface area (Å²) in [4.78, 5) is 12.8. The van der Waals surface area contributed by atoms with E-state index in [9.17, 15) is 4.79 Å². The van der Waals surface area contributed by atoms with Gasteiger partial charge in [-0.2, -0.15) is 0 Å². The average molecular weight is 383 g/mol. The van der Waals surface area contributed by atoms with Gasteiger partial charge in [0, 0.05) is 24.1 Å². The van der Waals surface area contributed by atoms with Crippen LogP contribution in [0.4, 0.5) is 5.69 Å². The van der Waals surface area contributed by atoms with Gasteiger partial charge >= 0.3 is 0 Å². The zero-order valence-electron chi connectivity index (χ0n) is 16.9. The molecule has 1 aliphatic rings. The van der Waals surface area contributed by atoms with Crippen LogP contribution in [0, 0.1) is 5.41 Å². The van der Waals surface area contributed by atoms with Crippen molar-refractivity contribution in [3.8, 4) is 0 Å². The van der Waals surface area contributed by atoms with Crippen molar-refractivity contribution < 1.29 is 14.3 Å². The Hall–Kier alpha value is -2.21. The summed E-state index contributed by atoms with van der Waals surface area (Å²) >= 11 is 0. The molecule has 3 rings (SSSR count). The molecule has 2 aromatic carbocycles. The van der Waals surface area contributed by atoms with Gasteiger partial charge in [0.2, 0.25) is 5.91 Å². The van der Waals surface area contributed by atoms with Gasteiger partial charge in [-0.25, -0.2) is 0 Å². The Labute approximate surface area is 167 Å². The summed E-state index contributed by atoms with van der Waals surface area (Å²) in [6, 6.07) is 17.8. The molecule has 0 spiro atoms. The van der Waals surface area contributed by atoms with Gasteiger partial charge < -0.3 is 20.5 Å². The lowest BCUT2D eigenvalue weighted by atomic mass is 9.54. The van der Waals surface area contributed by atoms with Gasteiger partial charge in [-0.3, -0.25) is 4.79 Å². The predicted octanol–water partition coefficient (Wildman–Crippen LogP) is 3.87. The zero-order chi connectivity index (χ0) is 20.2. The van der Waals surface area contributed by atoms with E-state index in [1.807, 2.05) is 75.4 Å². The second-order valence-corrected chi connectivity index (χ2v) is 7.97. The minimum atomic E-state index is -0.926. The summed E-state index contributed by atoms with van der Waals surface area (Å²) in [7, 11) is 0. The predicted molar refractivity (Wildman–Crippen MR) is 111 cm³/mol. The third kappa shape index (κ3) is 4.12. The Bertz CT molecular complexity index is 789. The van der Waals surface area contributed by atoms with E-state index in [-0.39, 0.29) is 12.0 Å². The van der Waals surface area contributed by atoms with Crippen LogP contribution in [0.15, 0.2) is 54.6 Å². The molecule has 150 valence electrons. The van der Waals surface area contributed by atoms with Crippen molar-refractivity contribution in [1.82, 2.24) is 0 Å². The monoisotopic (exact) mass is 382 g/mol. The van der Waals surface area contributed by atoms with E-state index in [1.165, 1.54) is 0 Å². The van der Waals surface area contributed by atoms with E-state index < -0.39 is 11.0 Å². The number of hydrogen-bond donors (Lipinski definition) is 2. The number of carbonyl (C=O) groups excluding carboxylic acids is 1. The summed E-state index contributed by atoms with van der Waals surface area (Å²) < 4.78 is 11.4. The van der Waals surface area contributed by atoms with Crippen molar-refractivity contribution in [3.05, 3.63) is 65.7 Å². The van der Waals surface area contributed by atoms with E-state index in [1.54, 1.807) is 0 Å². The van der Waals surface area contributed by atoms with Gasteiger partial charge in [-0.05, 0) is 30.2 Å². The molecular weight excluding hydrogens is 352 g/mol. The number of amides is 1. The van der Waals surface area contributed by atoms with Crippen LogP contribution >= 0.6 is 0 Å². The quantitative estimate of drug-likeness (QED) is 0.727. The van der Waals surface area contributed by atoms with E-state index in [4.69, 9.17) is 15.2 Å². The van der Waals surface area contributed by atoms with Crippen LogP contribution in [0.5, 0.6) is 0 Å². The van der Waals surface area contributed by atoms with Crippen LogP contribution in [0.1, 0.15) is 38.3 Å². The Morgan fingerprint density at radius 2 is 1.68 bits per heavy atom. The first-order chi connectivity index (χ1) is 13.4. The minimum Gasteiger partial charge on any atom is -0.378 e. The first-order valence-corrected chi connectivity index (χ1v) is 9.79. The first kappa shape index (κ1) is 20.5. The molecule has 28 heavy (non-hydrogen) atoms. The normalized spacial score (nSPS) is 23.1. The van der Waals surface area contributed by atoms with Crippen LogP contribution in [-0.4, -0.2) is 24.2 Å². The average Bonchev–Trinajstić information content (AvgIpc) is 2.69. The summed E-state index contributed by atoms with van der Waals surface area (Å²) in [5.41, 5.74) is 8.03. The molecule has 1 saturated carbocycles. The molecule has 2 unspecified atom stereocenters. The number of nitrogens with one attached hydrogen (secondary N) is 1. The number of carbonyl (C=O) groups is 1. The molecular formula is C23H30N2O3. The van der Waals surface area contributed by atoms with Gasteiger partial charge in [0.25, 0.3) is 0 Å². The molecule has 0 radical (unpaired) electrons. The topological polar surface area (TPSA) is 73.6 Å². The molecule has 0 bridgehead atoms. The van der Waals surface area contributed by atoms with Crippen LogP contribution in [0.3, 0.4) is 0 Å². The van der Waals surface area contributed by atoms with Crippen molar-refractivity contribution in [2.45, 2.75) is 52.0 Å². The molecule has 0 aliphatic heterocycles. The summed E-state index contributed by atoms with van der Waals surface area (Å²) in [6.45, 7) is 7.66. The maximum atomic E-state index is 12.8. The highest BCUT2D eigenvalue weighted by Crippen LogP contribution is 2.50. The molecule has 5 heteroatoms. The molecule has 0 saturated heterocycles. The van der Waals surface area contributed by atoms with Gasteiger partial charge in [-0.1, -0.05) is 56.3 Å². The number of rotatable bonds is 8. The highest BCUT2D eigenvalue weighted by molar-refractivity contribution is 5.99. The lowest BCUT2D eigenvalue weighted by molar-refractivity contribution is -0.166. The second kappa shape index (κ2) is 8.43. The van der Waals surface area contributed by atoms with Crippen molar-refractivity contribution in [3.63, 3.8) is 0 Å². The number of nitrogens with two attached hydrogens (primary N) is 1. The number of benzene rings is 2. The van der Waals surface area contributed by atoms with Crippen molar-refractivity contribution in [2.75, 3.05) is 11.9 Å². The Morgan fingerprint density at radius 1 is 1.07 bits per heavy atom. The summed E-state index contributed by atoms with van der Waals surface area (Å²) in [5.74, 6) is -0.165. The molecule has 0 heterocycles. The van der Waals surface area contributed by atoms with E-state index in [0.717, 1.165) is 16.8 Å². The van der Waals surface area contributed by atoms with Crippen LogP contribution < -0.4 is 11.1 Å². The highest BCUT2D eigenvalue weighted by Gasteiger charge is 2.62. The standard InChI is InChI=1S/C23H30N2O3/c1-4-28-20-14-23(24,22(20,2)3)21(26)25-19-12-10-18(11-13-19)16-27-15-17-8-6-5-7-9-17/h5-13,20H,4,14-16,24H2,1-3H3,(H,25,26). The van der Waals surface area contributed by atoms with E-state index in [2.05, 4.69) is 5.32 Å². The summed E-state index contributed by atoms with van der Waals surface area (Å²) in [5, 5.41) is 2.95. The molecule has 2 aromatic rings. The van der Waals surface area contributed by atoms with Crippen LogP contribution in [0.2, 0.25) is 0 Å². The number of ether oxygens (including phenoxy) is 2. The third-order valence-corrected chi connectivity index (χ3v) is 5.83. The van der Waals surface area contributed by atoms with Gasteiger partial charge in [0.1, 0.15) is 5.54 Å². The van der Waals surface area contributed by atoms with Crippen LogP contribution in [-0.2, 0) is 27.5 Å². The molecule has 1 fully saturated rings. The summed E-state index contributed by atoms with van der Waals surface area (Å²) in [6.07, 6.45) is 0.544. The molecule has 2 atom stereocenters. The van der Waals surface area contributed by atoms with E-state index >= 15 is 0 Å². The fourth-order valence-electron chi connectivity index (χ4n) is 3.61. The van der Waals surface area contributed by atoms with Gasteiger partial charge in [0.15, 0.2) is 0 Å². The Balaban J connectivity index is 1.52. The molecule has 0 aromatic heterocycles. The fraction of sp³-hybridized carbons (Fsp3) is 0.435. The van der Waals surface area contributed by atoms with Gasteiger partial charge in [-0.15, -0.1) is 0 Å². The minimum absolute atomic E-state index is 0.0115. The largest absolute Gasteiger partial charge is 0.378 e. The molecule has 5 nitrogen and oxygen atoms in total. The Kier molecular flexibility index (Phi) is 6.18. The van der Waals surface area contributed by atoms with Crippen molar-refractivity contribution >= 4 is 11.6 Å². The SMILES string of the molecule is CCOC1CC(N)(C(=O)Nc2ccc(COCc3ccccc3)cc2)C1(C)C. The molecule has 3 N–H and O–H groups in total. The number of hydrogen-bond acceptors (Lipinski definition) is 4. The maximum absolute atomic E-state index is 12.8. The lowest BCUT2D eigenvalue weighted by Crippen LogP contribution is -2.74. The third-order valence-electron chi connectivity index (χ3n) is 5.83. The van der Waals surface area contributed by atoms with Crippen molar-refractivity contribution in [1.29, 1.82) is 0 Å². The van der Waals surface area contributed by atoms with E-state index in [0.29, 0.717) is 26.2 Å². The number of anilines is 1. The molecule has 1 aliphatic carbocycles.